The summed E-state index contributed by atoms with van der Waals surface area (Å²) in [6, 6.07) is 8.11. The minimum absolute atomic E-state index is 0.162. The summed E-state index contributed by atoms with van der Waals surface area (Å²) < 4.78 is 0. The van der Waals surface area contributed by atoms with E-state index >= 15 is 0 Å². The van der Waals surface area contributed by atoms with Crippen molar-refractivity contribution in [1.82, 2.24) is 14.9 Å². The normalized spacial score (nSPS) is 13.9. The predicted molar refractivity (Wildman–Crippen MR) is 133 cm³/mol. The zero-order valence-electron chi connectivity index (χ0n) is 18.9. The number of nitrogens with two attached hydrogens (primary N) is 1. The second-order valence-corrected chi connectivity index (χ2v) is 8.44. The van der Waals surface area contributed by atoms with Crippen LogP contribution in [-0.2, 0) is 0 Å². The fraction of sp³-hybridized carbons (Fsp3) is 0.500. The molecule has 0 bridgehead atoms. The van der Waals surface area contributed by atoms with E-state index in [1.165, 1.54) is 0 Å². The molecule has 0 spiro atoms. The number of rotatable bonds is 10. The van der Waals surface area contributed by atoms with Crippen LogP contribution in [0.2, 0.25) is 10.0 Å². The fourth-order valence-electron chi connectivity index (χ4n) is 3.21. The maximum Gasteiger partial charge on any atom is 0.254 e. The lowest BCUT2D eigenvalue weighted by Crippen LogP contribution is -2.42. The highest BCUT2D eigenvalue weighted by Crippen LogP contribution is 2.25. The third kappa shape index (κ3) is 7.83. The maximum atomic E-state index is 6.04. The molecule has 2 aromatic rings. The Morgan fingerprint density at radius 1 is 1.10 bits per heavy atom. The lowest BCUT2D eigenvalue weighted by atomic mass is 10.1. The first kappa shape index (κ1) is 25.2. The third-order valence-corrected chi connectivity index (χ3v) is 5.98. The number of guanidine groups is 1. The van der Waals surface area contributed by atoms with Crippen LogP contribution < -0.4 is 16.4 Å². The molecule has 1 aromatic carbocycles. The van der Waals surface area contributed by atoms with Gasteiger partial charge in [0.25, 0.3) is 5.95 Å². The van der Waals surface area contributed by atoms with Gasteiger partial charge in [-0.3, -0.25) is 4.90 Å². The van der Waals surface area contributed by atoms with Crippen LogP contribution >= 0.6 is 23.2 Å². The van der Waals surface area contributed by atoms with Gasteiger partial charge in [0, 0.05) is 42.6 Å². The summed E-state index contributed by atoms with van der Waals surface area (Å²) >= 11 is 12.0. The molecule has 9 heteroatoms. The minimum Gasteiger partial charge on any atom is -0.369 e. The molecule has 1 aromatic heterocycles. The largest absolute Gasteiger partial charge is 0.369 e. The van der Waals surface area contributed by atoms with Crippen LogP contribution in [0.5, 0.6) is 0 Å². The molecule has 0 fully saturated rings. The smallest absolute Gasteiger partial charge is 0.254 e. The van der Waals surface area contributed by atoms with E-state index in [0.717, 1.165) is 37.4 Å². The van der Waals surface area contributed by atoms with Gasteiger partial charge in [0.2, 0.25) is 5.96 Å². The number of aryl methyl sites for hydroxylation is 1. The van der Waals surface area contributed by atoms with Gasteiger partial charge >= 0.3 is 0 Å². The number of aromatic nitrogens is 2. The summed E-state index contributed by atoms with van der Waals surface area (Å²) in [6.07, 6.45) is 2.25. The van der Waals surface area contributed by atoms with Gasteiger partial charge in [0.05, 0.1) is 10.0 Å². The topological polar surface area (TPSA) is 91.5 Å². The minimum atomic E-state index is 0.162. The fourth-order valence-corrected chi connectivity index (χ4v) is 3.51. The van der Waals surface area contributed by atoms with Gasteiger partial charge in [-0.1, -0.05) is 37.0 Å². The molecule has 0 aliphatic heterocycles. The third-order valence-electron chi connectivity index (χ3n) is 5.24. The quantitative estimate of drug-likeness (QED) is 0.318. The van der Waals surface area contributed by atoms with E-state index in [1.54, 1.807) is 18.2 Å². The summed E-state index contributed by atoms with van der Waals surface area (Å²) in [4.78, 5) is 15.7. The molecular weight excluding hydrogens is 433 g/mol. The molecule has 170 valence electrons. The van der Waals surface area contributed by atoms with Crippen LogP contribution in [-0.4, -0.2) is 46.0 Å². The van der Waals surface area contributed by atoms with E-state index < -0.39 is 0 Å². The molecule has 7 nitrogen and oxygen atoms in total. The van der Waals surface area contributed by atoms with Gasteiger partial charge < -0.3 is 16.4 Å². The lowest BCUT2D eigenvalue weighted by molar-refractivity contribution is 0.152. The molecule has 2 unspecified atom stereocenters. The number of nitrogens with one attached hydrogen (secondary N) is 2. The van der Waals surface area contributed by atoms with E-state index in [1.807, 2.05) is 13.0 Å². The summed E-state index contributed by atoms with van der Waals surface area (Å²) in [5.41, 5.74) is 7.50. The predicted octanol–water partition coefficient (Wildman–Crippen LogP) is 5.46. The van der Waals surface area contributed by atoms with Gasteiger partial charge in [-0.05, 0) is 51.8 Å². The van der Waals surface area contributed by atoms with Crippen LogP contribution in [0.1, 0.15) is 46.2 Å². The van der Waals surface area contributed by atoms with Gasteiger partial charge in [-0.2, -0.15) is 9.98 Å². The van der Waals surface area contributed by atoms with E-state index in [-0.39, 0.29) is 11.9 Å². The van der Waals surface area contributed by atoms with Gasteiger partial charge in [0.1, 0.15) is 5.82 Å². The van der Waals surface area contributed by atoms with Crippen LogP contribution in [0.15, 0.2) is 29.3 Å². The molecular formula is C22H33Cl2N7. The van der Waals surface area contributed by atoms with Crippen molar-refractivity contribution < 1.29 is 0 Å². The molecule has 0 aliphatic carbocycles. The summed E-state index contributed by atoms with van der Waals surface area (Å²) in [7, 11) is 0. The highest BCUT2D eigenvalue weighted by molar-refractivity contribution is 6.42. The molecule has 0 amide bonds. The van der Waals surface area contributed by atoms with Crippen LogP contribution in [0, 0.1) is 6.92 Å². The van der Waals surface area contributed by atoms with Crippen LogP contribution in [0.4, 0.5) is 17.5 Å². The van der Waals surface area contributed by atoms with E-state index in [2.05, 4.69) is 58.2 Å². The Kier molecular flexibility index (Phi) is 9.81. The second-order valence-electron chi connectivity index (χ2n) is 7.62. The van der Waals surface area contributed by atoms with Crippen molar-refractivity contribution in [3.63, 3.8) is 0 Å². The SMILES string of the molecule is CCC(C)N(CCNc1cc(C)nc(/N=C(\N)Nc2ccc(Cl)c(Cl)c2)n1)C(C)CC. The average molecular weight is 466 g/mol. The number of hydrogen-bond acceptors (Lipinski definition) is 5. The lowest BCUT2D eigenvalue weighted by Gasteiger charge is -2.33. The van der Waals surface area contributed by atoms with Gasteiger partial charge in [-0.15, -0.1) is 0 Å². The summed E-state index contributed by atoms with van der Waals surface area (Å²) in [5, 5.41) is 7.27. The van der Waals surface area contributed by atoms with Crippen molar-refractivity contribution in [2.75, 3.05) is 23.7 Å². The first-order chi connectivity index (χ1) is 14.7. The Morgan fingerprint density at radius 3 is 2.39 bits per heavy atom. The van der Waals surface area contributed by atoms with E-state index in [4.69, 9.17) is 28.9 Å². The van der Waals surface area contributed by atoms with Crippen molar-refractivity contribution in [1.29, 1.82) is 0 Å². The molecule has 0 radical (unpaired) electrons. The van der Waals surface area contributed by atoms with Crippen molar-refractivity contribution in [3.8, 4) is 0 Å². The number of benzene rings is 1. The number of halogens is 2. The van der Waals surface area contributed by atoms with Gasteiger partial charge in [-0.25, -0.2) is 4.98 Å². The number of anilines is 2. The van der Waals surface area contributed by atoms with E-state index in [0.29, 0.717) is 27.8 Å². The summed E-state index contributed by atoms with van der Waals surface area (Å²) in [6.45, 7) is 12.6. The first-order valence-corrected chi connectivity index (χ1v) is 11.4. The zero-order valence-corrected chi connectivity index (χ0v) is 20.4. The molecule has 0 aliphatic rings. The number of aliphatic imine (C=N–C) groups is 1. The van der Waals surface area contributed by atoms with Crippen LogP contribution in [0.3, 0.4) is 0 Å². The standard InChI is InChI=1S/C22H33Cl2N7/c1-6-15(4)31(16(5)7-2)11-10-26-20-12-14(3)27-22(29-20)30-21(25)28-17-8-9-18(23)19(24)13-17/h8-9,12-13,15-16H,6-7,10-11H2,1-5H3,(H4,25,26,27,28,29,30). The van der Waals surface area contributed by atoms with Crippen molar-refractivity contribution >= 4 is 46.6 Å². The molecule has 1 heterocycles. The van der Waals surface area contributed by atoms with E-state index in [9.17, 15) is 0 Å². The monoisotopic (exact) mass is 465 g/mol. The molecule has 2 rings (SSSR count). The Morgan fingerprint density at radius 2 is 1.77 bits per heavy atom. The Balaban J connectivity index is 2.05. The Hall–Kier alpha value is -2.09. The Labute approximate surface area is 195 Å². The zero-order chi connectivity index (χ0) is 23.0. The highest BCUT2D eigenvalue weighted by Gasteiger charge is 2.17. The molecule has 31 heavy (non-hydrogen) atoms. The number of hydrogen-bond donors (Lipinski definition) is 3. The molecule has 4 N–H and O–H groups in total. The maximum absolute atomic E-state index is 6.04. The average Bonchev–Trinajstić information content (AvgIpc) is 2.72. The Bertz CT molecular complexity index is 878. The molecule has 0 saturated heterocycles. The number of nitrogens with zero attached hydrogens (tertiary/aromatic N) is 4. The second kappa shape index (κ2) is 12.1. The van der Waals surface area contributed by atoms with Crippen molar-refractivity contribution in [2.45, 2.75) is 59.5 Å². The van der Waals surface area contributed by atoms with Crippen molar-refractivity contribution in [3.05, 3.63) is 40.0 Å². The highest BCUT2D eigenvalue weighted by atomic mass is 35.5. The van der Waals surface area contributed by atoms with Crippen molar-refractivity contribution in [2.24, 2.45) is 10.7 Å². The summed E-state index contributed by atoms with van der Waals surface area (Å²) in [5.74, 6) is 1.17. The first-order valence-electron chi connectivity index (χ1n) is 10.6. The van der Waals surface area contributed by atoms with Crippen LogP contribution in [0.25, 0.3) is 0 Å². The molecule has 0 saturated carbocycles. The molecule has 2 atom stereocenters. The van der Waals surface area contributed by atoms with Gasteiger partial charge in [0.15, 0.2) is 0 Å².